The zero-order chi connectivity index (χ0) is 19.3. The van der Waals surface area contributed by atoms with Crippen LogP contribution in [0.3, 0.4) is 0 Å². The molecular formula is C18H21N3O4S. The van der Waals surface area contributed by atoms with E-state index in [4.69, 9.17) is 5.14 Å². The van der Waals surface area contributed by atoms with E-state index in [1.165, 1.54) is 19.1 Å². The van der Waals surface area contributed by atoms with Crippen molar-refractivity contribution in [2.24, 2.45) is 5.14 Å². The Morgan fingerprint density at radius 2 is 1.73 bits per heavy atom. The highest BCUT2D eigenvalue weighted by Crippen LogP contribution is 2.17. The van der Waals surface area contributed by atoms with Gasteiger partial charge in [-0.05, 0) is 48.7 Å². The number of anilines is 1. The van der Waals surface area contributed by atoms with Crippen LogP contribution in [-0.4, -0.2) is 26.8 Å². The topological polar surface area (TPSA) is 118 Å². The van der Waals surface area contributed by atoms with E-state index in [9.17, 15) is 18.0 Å². The molecular weight excluding hydrogens is 354 g/mol. The summed E-state index contributed by atoms with van der Waals surface area (Å²) in [6.45, 7) is 3.64. The van der Waals surface area contributed by atoms with Gasteiger partial charge in [0.15, 0.2) is 0 Å². The van der Waals surface area contributed by atoms with Crippen LogP contribution in [0.4, 0.5) is 5.69 Å². The van der Waals surface area contributed by atoms with Crippen molar-refractivity contribution in [2.75, 3.05) is 11.9 Å². The number of hydrogen-bond acceptors (Lipinski definition) is 4. The van der Waals surface area contributed by atoms with Crippen LogP contribution in [-0.2, 0) is 21.2 Å². The van der Waals surface area contributed by atoms with E-state index in [2.05, 4.69) is 10.6 Å². The third kappa shape index (κ3) is 5.40. The fourth-order valence-corrected chi connectivity index (χ4v) is 2.87. The van der Waals surface area contributed by atoms with E-state index in [-0.39, 0.29) is 16.7 Å². The minimum Gasteiger partial charge on any atom is -0.352 e. The number of benzene rings is 2. The van der Waals surface area contributed by atoms with Crippen LogP contribution in [0.5, 0.6) is 0 Å². The molecule has 0 bridgehead atoms. The maximum absolute atomic E-state index is 12.3. The first kappa shape index (κ1) is 19.6. The van der Waals surface area contributed by atoms with Gasteiger partial charge in [0.05, 0.1) is 4.90 Å². The summed E-state index contributed by atoms with van der Waals surface area (Å²) < 4.78 is 22.4. The van der Waals surface area contributed by atoms with E-state index in [1.54, 1.807) is 30.3 Å². The standard InChI is InChI=1S/C18H21N3O4S/c1-12-3-6-15(11-17(12)21-13(2)22)18(23)20-10-9-14-4-7-16(8-5-14)26(19,24)25/h3-8,11H,9-10H2,1-2H3,(H,20,23)(H,21,22)(H2,19,24,25). The Morgan fingerprint density at radius 1 is 1.08 bits per heavy atom. The third-order valence-electron chi connectivity index (χ3n) is 3.76. The lowest BCUT2D eigenvalue weighted by Crippen LogP contribution is -2.26. The molecule has 0 aromatic heterocycles. The van der Waals surface area contributed by atoms with Crippen LogP contribution in [0.15, 0.2) is 47.4 Å². The van der Waals surface area contributed by atoms with Gasteiger partial charge in [0.1, 0.15) is 0 Å². The number of carbonyl (C=O) groups excluding carboxylic acids is 2. The smallest absolute Gasteiger partial charge is 0.251 e. The maximum atomic E-state index is 12.3. The molecule has 0 aliphatic rings. The van der Waals surface area contributed by atoms with E-state index < -0.39 is 10.0 Å². The Balaban J connectivity index is 1.95. The molecule has 0 atom stereocenters. The third-order valence-corrected chi connectivity index (χ3v) is 4.69. The maximum Gasteiger partial charge on any atom is 0.251 e. The van der Waals surface area contributed by atoms with Crippen LogP contribution in [0, 0.1) is 6.92 Å². The zero-order valence-electron chi connectivity index (χ0n) is 14.6. The van der Waals surface area contributed by atoms with Crippen LogP contribution in [0.2, 0.25) is 0 Å². The zero-order valence-corrected chi connectivity index (χ0v) is 15.4. The first-order valence-corrected chi connectivity index (χ1v) is 9.49. The molecule has 0 aliphatic heterocycles. The second kappa shape index (κ2) is 8.11. The van der Waals surface area contributed by atoms with Crippen LogP contribution in [0.1, 0.15) is 28.4 Å². The highest BCUT2D eigenvalue weighted by Gasteiger charge is 2.10. The molecule has 0 spiro atoms. The van der Waals surface area contributed by atoms with Crippen molar-refractivity contribution in [1.29, 1.82) is 0 Å². The number of nitrogens with two attached hydrogens (primary N) is 1. The quantitative estimate of drug-likeness (QED) is 0.710. The minimum absolute atomic E-state index is 0.0513. The van der Waals surface area contributed by atoms with Gasteiger partial charge < -0.3 is 10.6 Å². The molecule has 0 radical (unpaired) electrons. The van der Waals surface area contributed by atoms with Crippen molar-refractivity contribution in [3.8, 4) is 0 Å². The summed E-state index contributed by atoms with van der Waals surface area (Å²) in [6.07, 6.45) is 0.543. The molecule has 8 heteroatoms. The van der Waals surface area contributed by atoms with Gasteiger partial charge in [-0.3, -0.25) is 9.59 Å². The number of amides is 2. The van der Waals surface area contributed by atoms with Gasteiger partial charge in [0.2, 0.25) is 15.9 Å². The molecule has 26 heavy (non-hydrogen) atoms. The lowest BCUT2D eigenvalue weighted by molar-refractivity contribution is -0.114. The van der Waals surface area contributed by atoms with Gasteiger partial charge in [-0.15, -0.1) is 0 Å². The summed E-state index contributed by atoms with van der Waals surface area (Å²) in [4.78, 5) is 23.5. The van der Waals surface area contributed by atoms with Crippen molar-refractivity contribution in [1.82, 2.24) is 5.32 Å². The highest BCUT2D eigenvalue weighted by molar-refractivity contribution is 7.89. The Kier molecular flexibility index (Phi) is 6.12. The van der Waals surface area contributed by atoms with Crippen LogP contribution >= 0.6 is 0 Å². The second-order valence-electron chi connectivity index (χ2n) is 5.91. The van der Waals surface area contributed by atoms with E-state index in [1.807, 2.05) is 6.92 Å². The summed E-state index contributed by atoms with van der Waals surface area (Å²) in [5.41, 5.74) is 2.79. The van der Waals surface area contributed by atoms with Gasteiger partial charge >= 0.3 is 0 Å². The average Bonchev–Trinajstić information content (AvgIpc) is 2.56. The Labute approximate surface area is 152 Å². The second-order valence-corrected chi connectivity index (χ2v) is 7.47. The van der Waals surface area contributed by atoms with Gasteiger partial charge in [-0.25, -0.2) is 13.6 Å². The van der Waals surface area contributed by atoms with Gasteiger partial charge in [0.25, 0.3) is 5.91 Å². The van der Waals surface area contributed by atoms with Crippen LogP contribution < -0.4 is 15.8 Å². The first-order valence-electron chi connectivity index (χ1n) is 7.95. The lowest BCUT2D eigenvalue weighted by atomic mass is 10.1. The molecule has 0 unspecified atom stereocenters. The molecule has 2 aromatic carbocycles. The van der Waals surface area contributed by atoms with Crippen molar-refractivity contribution in [2.45, 2.75) is 25.2 Å². The molecule has 2 rings (SSSR count). The van der Waals surface area contributed by atoms with E-state index in [0.717, 1.165) is 11.1 Å². The Morgan fingerprint density at radius 3 is 2.31 bits per heavy atom. The fourth-order valence-electron chi connectivity index (χ4n) is 2.36. The molecule has 2 aromatic rings. The van der Waals surface area contributed by atoms with Gasteiger partial charge in [-0.1, -0.05) is 18.2 Å². The molecule has 0 fully saturated rings. The number of primary sulfonamides is 1. The normalized spacial score (nSPS) is 11.0. The average molecular weight is 375 g/mol. The first-order chi connectivity index (χ1) is 12.2. The van der Waals surface area contributed by atoms with Crippen LogP contribution in [0.25, 0.3) is 0 Å². The van der Waals surface area contributed by atoms with E-state index >= 15 is 0 Å². The predicted molar refractivity (Wildman–Crippen MR) is 99.3 cm³/mol. The molecule has 0 aliphatic carbocycles. The Hall–Kier alpha value is -2.71. The number of carbonyl (C=O) groups is 2. The monoisotopic (exact) mass is 375 g/mol. The summed E-state index contributed by atoms with van der Waals surface area (Å²) in [7, 11) is -3.71. The summed E-state index contributed by atoms with van der Waals surface area (Å²) in [6, 6.07) is 11.3. The summed E-state index contributed by atoms with van der Waals surface area (Å²) in [5.74, 6) is -0.452. The molecule has 0 saturated carbocycles. The number of hydrogen-bond donors (Lipinski definition) is 3. The fraction of sp³-hybridized carbons (Fsp3) is 0.222. The SMILES string of the molecule is CC(=O)Nc1cc(C(=O)NCCc2ccc(S(N)(=O)=O)cc2)ccc1C. The van der Waals surface area contributed by atoms with E-state index in [0.29, 0.717) is 24.2 Å². The van der Waals surface area contributed by atoms with Crippen molar-refractivity contribution in [3.63, 3.8) is 0 Å². The highest BCUT2D eigenvalue weighted by atomic mass is 32.2. The predicted octanol–water partition coefficient (Wildman–Crippen LogP) is 1.57. The molecule has 7 nitrogen and oxygen atoms in total. The molecule has 0 saturated heterocycles. The Bertz CT molecular complexity index is 922. The minimum atomic E-state index is -3.71. The van der Waals surface area contributed by atoms with Crippen molar-refractivity contribution < 1.29 is 18.0 Å². The molecule has 2 amide bonds. The molecule has 138 valence electrons. The molecule has 4 N–H and O–H groups in total. The van der Waals surface area contributed by atoms with Crippen molar-refractivity contribution >= 4 is 27.5 Å². The van der Waals surface area contributed by atoms with Crippen molar-refractivity contribution in [3.05, 3.63) is 59.2 Å². The summed E-state index contributed by atoms with van der Waals surface area (Å²) >= 11 is 0. The molecule has 0 heterocycles. The van der Waals surface area contributed by atoms with Gasteiger partial charge in [0, 0.05) is 24.7 Å². The van der Waals surface area contributed by atoms with Gasteiger partial charge in [-0.2, -0.15) is 0 Å². The lowest BCUT2D eigenvalue weighted by Gasteiger charge is -2.10. The number of sulfonamides is 1. The summed E-state index contributed by atoms with van der Waals surface area (Å²) in [5, 5.41) is 10.5. The largest absolute Gasteiger partial charge is 0.352 e. The number of nitrogens with one attached hydrogen (secondary N) is 2. The number of aryl methyl sites for hydroxylation is 1. The number of rotatable bonds is 6.